The number of fused-ring (bicyclic) bond motifs is 5. The molecule has 0 bridgehead atoms. The zero-order valence-corrected chi connectivity index (χ0v) is 43.0. The number of ether oxygens (including phenoxy) is 3. The molecule has 1 saturated carbocycles. The molecule has 78 heavy (non-hydrogen) atoms. The fourth-order valence-corrected chi connectivity index (χ4v) is 10.6. The van der Waals surface area contributed by atoms with E-state index in [4.69, 9.17) is 19.2 Å². The summed E-state index contributed by atoms with van der Waals surface area (Å²) in [6.07, 6.45) is 5.26. The zero-order valence-electron chi connectivity index (χ0n) is 43.0. The highest BCUT2D eigenvalue weighted by Gasteiger charge is 2.46. The Labute approximate surface area is 445 Å². The number of hydrogen-bond donors (Lipinski definition) is 6. The van der Waals surface area contributed by atoms with E-state index in [1.54, 1.807) is 50.2 Å². The highest BCUT2D eigenvalue weighted by Crippen LogP contribution is 2.46. The van der Waals surface area contributed by atoms with Crippen LogP contribution in [-0.2, 0) is 89.0 Å². The van der Waals surface area contributed by atoms with Crippen molar-refractivity contribution in [3.63, 3.8) is 0 Å². The summed E-state index contributed by atoms with van der Waals surface area (Å²) in [7, 11) is 0. The van der Waals surface area contributed by atoms with Gasteiger partial charge >= 0.3 is 11.9 Å². The Morgan fingerprint density at radius 1 is 0.910 bits per heavy atom. The van der Waals surface area contributed by atoms with E-state index in [-0.39, 0.29) is 80.6 Å². The molecular formula is C55H59FN8O14. The van der Waals surface area contributed by atoms with Crippen molar-refractivity contribution in [1.29, 1.82) is 0 Å². The van der Waals surface area contributed by atoms with E-state index in [9.17, 15) is 53.1 Å². The van der Waals surface area contributed by atoms with Gasteiger partial charge in [0.05, 0.1) is 47.7 Å². The van der Waals surface area contributed by atoms with Gasteiger partial charge in [0, 0.05) is 60.0 Å². The van der Waals surface area contributed by atoms with Crippen molar-refractivity contribution in [1.82, 2.24) is 41.0 Å². The van der Waals surface area contributed by atoms with Gasteiger partial charge < -0.3 is 50.5 Å². The number of aromatic nitrogens is 2. The molecule has 0 spiro atoms. The molecule has 9 rings (SSSR count). The van der Waals surface area contributed by atoms with Crippen LogP contribution in [0.25, 0.3) is 22.3 Å². The number of halogens is 1. The second kappa shape index (κ2) is 23.2. The Morgan fingerprint density at radius 3 is 2.41 bits per heavy atom. The van der Waals surface area contributed by atoms with E-state index in [0.717, 1.165) is 16.0 Å². The van der Waals surface area contributed by atoms with Gasteiger partial charge in [0.15, 0.2) is 12.2 Å². The van der Waals surface area contributed by atoms with E-state index in [2.05, 4.69) is 26.6 Å². The van der Waals surface area contributed by atoms with E-state index in [1.807, 2.05) is 0 Å². The average molecular weight is 1080 g/mol. The van der Waals surface area contributed by atoms with Crippen LogP contribution in [0.5, 0.6) is 0 Å². The standard InChI is InChI=1S/C55H59FN8O14/c1-3-55(75)36-21-41-50-34(25-64(41)53(73)35(36)26-77-54(55)74)49-38(14-13-33-29(2)37(56)22-39(61-50)48(33)49)62-51(71)31-19-32(20-31)78-28-59-43(66)23-58-52(72)40(18-30-10-6-4-7-11-30)60-44(67)27-76-47(70)24-57-42(65)12-8-5-9-17-63-45(68)15-16-46(63)69/h4,6-7,10-11,15-16,21-22,31-32,38,40,75H,3,5,8-9,12-14,17-20,23-28H2,1-2H3,(H,57,65)(H,58,72)(H,59,66)(H,60,67)(H,62,71)/t31-,32+,38-,40-,55-/m0/s1. The Hall–Kier alpha value is -8.18. The Balaban J connectivity index is 0.725. The van der Waals surface area contributed by atoms with Gasteiger partial charge in [-0.25, -0.2) is 14.2 Å². The van der Waals surface area contributed by atoms with Crippen LogP contribution in [-0.4, -0.2) is 118 Å². The first-order chi connectivity index (χ1) is 37.4. The molecule has 22 nitrogen and oxygen atoms in total. The maximum Gasteiger partial charge on any atom is 0.343 e. The van der Waals surface area contributed by atoms with Gasteiger partial charge in [-0.05, 0) is 80.2 Å². The molecule has 5 aliphatic rings. The number of hydrogen-bond acceptors (Lipinski definition) is 15. The minimum atomic E-state index is -2.03. The molecule has 1 fully saturated rings. The molecule has 3 aliphatic heterocycles. The first-order valence-corrected chi connectivity index (χ1v) is 26.0. The SMILES string of the molecule is CC[C@@]1(O)C(=O)OCc2c1cc1n(c2=O)Cc2c-1nc1cc(F)c(C)c3c1c2[C@@H](NC(=O)[C@H]1C[C@@H](OCNC(=O)CNC(=O)[C@H](Cc2ccccc2)NC(=O)COC(=O)CNC(=O)CCCCCN2C(=O)C=CC2=O)C1)CC3. The fraction of sp³-hybridized carbons (Fsp3) is 0.436. The predicted molar refractivity (Wildman–Crippen MR) is 272 cm³/mol. The summed E-state index contributed by atoms with van der Waals surface area (Å²) in [4.78, 5) is 134. The maximum absolute atomic E-state index is 15.4. The topological polar surface area (TPSA) is 300 Å². The molecular weight excluding hydrogens is 1020 g/mol. The van der Waals surface area contributed by atoms with Gasteiger partial charge in [-0.15, -0.1) is 0 Å². The van der Waals surface area contributed by atoms with Gasteiger partial charge in [-0.1, -0.05) is 43.7 Å². The molecule has 2 aliphatic carbocycles. The number of cyclic esters (lactones) is 1. The third-order valence-corrected chi connectivity index (χ3v) is 15.1. The minimum absolute atomic E-state index is 0.0327. The van der Waals surface area contributed by atoms with E-state index >= 15 is 4.39 Å². The smallest absolute Gasteiger partial charge is 0.343 e. The lowest BCUT2D eigenvalue weighted by molar-refractivity contribution is -0.172. The Kier molecular flexibility index (Phi) is 16.2. The predicted octanol–water partition coefficient (Wildman–Crippen LogP) is 1.49. The molecule has 4 aromatic rings. The number of nitrogens with one attached hydrogen (secondary N) is 5. The normalized spacial score (nSPS) is 19.9. The van der Waals surface area contributed by atoms with Crippen LogP contribution in [0.3, 0.4) is 0 Å². The highest BCUT2D eigenvalue weighted by atomic mass is 19.1. The first kappa shape index (κ1) is 54.6. The number of carbonyl (C=O) groups excluding carboxylic acids is 9. The van der Waals surface area contributed by atoms with Gasteiger partial charge in [0.25, 0.3) is 23.3 Å². The summed E-state index contributed by atoms with van der Waals surface area (Å²) >= 11 is 0. The van der Waals surface area contributed by atoms with Gasteiger partial charge in [-0.3, -0.25) is 48.1 Å². The number of nitrogens with zero attached hydrogens (tertiary/aromatic N) is 3. The third kappa shape index (κ3) is 11.4. The van der Waals surface area contributed by atoms with Crippen LogP contribution in [0.4, 0.5) is 4.39 Å². The summed E-state index contributed by atoms with van der Waals surface area (Å²) in [6.45, 7) is 1.42. The molecule has 3 atom stereocenters. The first-order valence-electron chi connectivity index (χ1n) is 26.0. The van der Waals surface area contributed by atoms with Crippen molar-refractivity contribution < 1.29 is 66.9 Å². The van der Waals surface area contributed by atoms with Crippen molar-refractivity contribution in [2.45, 2.75) is 115 Å². The molecule has 0 radical (unpaired) electrons. The molecule has 6 N–H and O–H groups in total. The number of carbonyl (C=O) groups is 9. The monoisotopic (exact) mass is 1070 g/mol. The van der Waals surface area contributed by atoms with E-state index in [1.165, 1.54) is 22.8 Å². The minimum Gasteiger partial charge on any atom is -0.458 e. The quantitative estimate of drug-likeness (QED) is 0.0248. The van der Waals surface area contributed by atoms with E-state index in [0.29, 0.717) is 83.9 Å². The molecule has 410 valence electrons. The Bertz CT molecular complexity index is 3210. The van der Waals surface area contributed by atoms with Crippen LogP contribution in [0, 0.1) is 18.7 Å². The van der Waals surface area contributed by atoms with Crippen molar-refractivity contribution in [2.24, 2.45) is 5.92 Å². The van der Waals surface area contributed by atoms with Crippen LogP contribution >= 0.6 is 0 Å². The second-order valence-corrected chi connectivity index (χ2v) is 20.1. The van der Waals surface area contributed by atoms with Crippen LogP contribution in [0.15, 0.2) is 59.4 Å². The molecule has 2 aromatic heterocycles. The van der Waals surface area contributed by atoms with Gasteiger partial charge in [0.2, 0.25) is 23.6 Å². The number of aliphatic hydroxyl groups is 1. The summed E-state index contributed by atoms with van der Waals surface area (Å²) < 4.78 is 33.0. The average Bonchev–Trinajstić information content (AvgIpc) is 4.16. The summed E-state index contributed by atoms with van der Waals surface area (Å²) in [5.41, 5.74) is 2.31. The number of rotatable bonds is 22. The van der Waals surface area contributed by atoms with Crippen LogP contribution in [0.2, 0.25) is 0 Å². The van der Waals surface area contributed by atoms with Crippen molar-refractivity contribution in [2.75, 3.05) is 33.0 Å². The van der Waals surface area contributed by atoms with Crippen molar-refractivity contribution in [3.05, 3.63) is 110 Å². The maximum atomic E-state index is 15.4. The second-order valence-electron chi connectivity index (χ2n) is 20.1. The van der Waals surface area contributed by atoms with E-state index < -0.39 is 90.2 Å². The molecule has 2 aromatic carbocycles. The lowest BCUT2D eigenvalue weighted by Gasteiger charge is -2.36. The summed E-state index contributed by atoms with van der Waals surface area (Å²) in [5.74, 6) is -6.11. The lowest BCUT2D eigenvalue weighted by atomic mass is 9.79. The van der Waals surface area contributed by atoms with Crippen LogP contribution < -0.4 is 32.1 Å². The molecule has 0 saturated heterocycles. The number of pyridine rings is 2. The van der Waals surface area contributed by atoms with Crippen molar-refractivity contribution >= 4 is 64.2 Å². The zero-order chi connectivity index (χ0) is 55.4. The van der Waals surface area contributed by atoms with Gasteiger partial charge in [-0.2, -0.15) is 0 Å². The van der Waals surface area contributed by atoms with Crippen LogP contribution in [0.1, 0.15) is 103 Å². The number of imide groups is 1. The number of amides is 7. The highest BCUT2D eigenvalue weighted by molar-refractivity contribution is 6.12. The fourth-order valence-electron chi connectivity index (χ4n) is 10.6. The number of aryl methyl sites for hydroxylation is 1. The Morgan fingerprint density at radius 2 is 1.67 bits per heavy atom. The molecule has 23 heteroatoms. The molecule has 7 amide bonds. The summed E-state index contributed by atoms with van der Waals surface area (Å²) in [5, 5.41) is 25.3. The number of unbranched alkanes of at least 4 members (excludes halogenated alkanes) is 2. The van der Waals surface area contributed by atoms with Crippen molar-refractivity contribution in [3.8, 4) is 11.4 Å². The number of esters is 2. The summed E-state index contributed by atoms with van der Waals surface area (Å²) in [6, 6.07) is 10.0. The van der Waals surface area contributed by atoms with Gasteiger partial charge in [0.1, 0.15) is 31.7 Å². The largest absolute Gasteiger partial charge is 0.458 e. The third-order valence-electron chi connectivity index (χ3n) is 15.1. The lowest BCUT2D eigenvalue weighted by Crippen LogP contribution is -2.51. The molecule has 5 heterocycles. The molecule has 0 unspecified atom stereocenters. The number of benzene rings is 2.